The van der Waals surface area contributed by atoms with E-state index in [2.05, 4.69) is 5.32 Å². The molecule has 2 N–H and O–H groups in total. The summed E-state index contributed by atoms with van der Waals surface area (Å²) in [6.07, 6.45) is 0.355. The molecule has 2 saturated heterocycles. The third-order valence-corrected chi connectivity index (χ3v) is 6.24. The van der Waals surface area contributed by atoms with Gasteiger partial charge in [0.25, 0.3) is 5.91 Å². The van der Waals surface area contributed by atoms with Crippen LogP contribution >= 0.6 is 0 Å². The minimum absolute atomic E-state index is 0.137. The Hall–Kier alpha value is -3.87. The zero-order valence-corrected chi connectivity index (χ0v) is 17.4. The zero-order chi connectivity index (χ0) is 22.2. The average molecular weight is 429 g/mol. The van der Waals surface area contributed by atoms with Crippen LogP contribution in [0.5, 0.6) is 5.75 Å². The molecule has 0 spiro atoms. The highest BCUT2D eigenvalue weighted by Crippen LogP contribution is 2.22. The van der Waals surface area contributed by atoms with Gasteiger partial charge in [-0.25, -0.2) is 0 Å². The fourth-order valence-electron chi connectivity index (χ4n) is 4.50. The Labute approximate surface area is 185 Å². The number of carbonyl (C=O) groups excluding carboxylic acids is 3. The van der Waals surface area contributed by atoms with Crippen LogP contribution < -0.4 is 5.32 Å². The van der Waals surface area contributed by atoms with Gasteiger partial charge in [-0.3, -0.25) is 14.4 Å². The first-order valence-corrected chi connectivity index (χ1v) is 10.7. The van der Waals surface area contributed by atoms with Gasteiger partial charge in [-0.2, -0.15) is 0 Å². The maximum Gasteiger partial charge on any atom is 0.254 e. The van der Waals surface area contributed by atoms with Crippen LogP contribution in [-0.2, 0) is 16.0 Å². The lowest BCUT2D eigenvalue weighted by Gasteiger charge is -2.45. The number of rotatable bonds is 3. The van der Waals surface area contributed by atoms with Crippen molar-refractivity contribution in [2.24, 2.45) is 0 Å². The highest BCUT2D eigenvalue weighted by molar-refractivity contribution is 6.01. The summed E-state index contributed by atoms with van der Waals surface area (Å²) in [5.74, 6) is -0.369. The summed E-state index contributed by atoms with van der Waals surface area (Å²) < 4.78 is 0. The Morgan fingerprint density at radius 3 is 2.50 bits per heavy atom. The molecule has 2 heterocycles. The van der Waals surface area contributed by atoms with E-state index in [1.54, 1.807) is 40.1 Å². The number of amides is 3. The molecule has 0 aromatic heterocycles. The zero-order valence-electron chi connectivity index (χ0n) is 17.4. The molecule has 7 heteroatoms. The van der Waals surface area contributed by atoms with Crippen molar-refractivity contribution in [3.63, 3.8) is 0 Å². The smallest absolute Gasteiger partial charge is 0.254 e. The molecule has 0 radical (unpaired) electrons. The predicted octanol–water partition coefficient (Wildman–Crippen LogP) is 1.94. The van der Waals surface area contributed by atoms with E-state index in [1.807, 2.05) is 36.4 Å². The fourth-order valence-corrected chi connectivity index (χ4v) is 4.50. The molecule has 2 aliphatic rings. The van der Waals surface area contributed by atoms with Gasteiger partial charge in [-0.05, 0) is 40.6 Å². The van der Waals surface area contributed by atoms with Crippen LogP contribution in [-0.4, -0.2) is 64.3 Å². The summed E-state index contributed by atoms with van der Waals surface area (Å²) >= 11 is 0. The number of fused-ring (bicyclic) bond motifs is 2. The second-order valence-electron chi connectivity index (χ2n) is 8.29. The van der Waals surface area contributed by atoms with E-state index in [9.17, 15) is 19.5 Å². The van der Waals surface area contributed by atoms with Crippen LogP contribution in [0.25, 0.3) is 10.8 Å². The van der Waals surface area contributed by atoms with E-state index in [4.69, 9.17) is 0 Å². The quantitative estimate of drug-likeness (QED) is 0.666. The van der Waals surface area contributed by atoms with E-state index >= 15 is 0 Å². The molecule has 7 nitrogen and oxygen atoms in total. The van der Waals surface area contributed by atoms with Crippen molar-refractivity contribution in [3.8, 4) is 5.75 Å². The van der Waals surface area contributed by atoms with Crippen molar-refractivity contribution in [2.45, 2.75) is 18.5 Å². The Bertz CT molecular complexity index is 1210. The van der Waals surface area contributed by atoms with Gasteiger partial charge in [-0.15, -0.1) is 0 Å². The Balaban J connectivity index is 1.29. The normalized spacial score (nSPS) is 20.8. The minimum Gasteiger partial charge on any atom is -0.508 e. The van der Waals surface area contributed by atoms with Gasteiger partial charge in [0, 0.05) is 25.1 Å². The van der Waals surface area contributed by atoms with Crippen LogP contribution in [0.4, 0.5) is 0 Å². The molecule has 3 aromatic carbocycles. The molecule has 0 unspecified atom stereocenters. The highest BCUT2D eigenvalue weighted by Gasteiger charge is 2.44. The number of benzene rings is 3. The van der Waals surface area contributed by atoms with Gasteiger partial charge in [-0.1, -0.05) is 42.5 Å². The Morgan fingerprint density at radius 1 is 0.969 bits per heavy atom. The fraction of sp³-hybridized carbons (Fsp3) is 0.240. The molecule has 0 bridgehead atoms. The van der Waals surface area contributed by atoms with Gasteiger partial charge < -0.3 is 20.2 Å². The van der Waals surface area contributed by atoms with E-state index in [0.29, 0.717) is 25.1 Å². The number of aromatic hydroxyl groups is 1. The Kier molecular flexibility index (Phi) is 5.01. The van der Waals surface area contributed by atoms with Crippen molar-refractivity contribution >= 4 is 28.5 Å². The van der Waals surface area contributed by atoms with Crippen LogP contribution in [0.2, 0.25) is 0 Å². The van der Waals surface area contributed by atoms with Gasteiger partial charge in [0.05, 0.1) is 6.54 Å². The summed E-state index contributed by atoms with van der Waals surface area (Å²) in [5.41, 5.74) is 1.43. The summed E-state index contributed by atoms with van der Waals surface area (Å²) in [4.78, 5) is 42.2. The average Bonchev–Trinajstić information content (AvgIpc) is 2.82. The Morgan fingerprint density at radius 2 is 1.72 bits per heavy atom. The van der Waals surface area contributed by atoms with E-state index < -0.39 is 12.1 Å². The van der Waals surface area contributed by atoms with Crippen molar-refractivity contribution in [2.75, 3.05) is 19.6 Å². The third-order valence-electron chi connectivity index (χ3n) is 6.24. The SMILES string of the molecule is O=C1N[C@H](Cc2ccc(O)cc2)C(=O)N2CCN(C(=O)c3ccc4ccccc4c3)C[C@H]12. The van der Waals surface area contributed by atoms with Gasteiger partial charge >= 0.3 is 0 Å². The summed E-state index contributed by atoms with van der Waals surface area (Å²) in [6.45, 7) is 0.880. The lowest BCUT2D eigenvalue weighted by molar-refractivity contribution is -0.152. The number of piperazine rings is 2. The van der Waals surface area contributed by atoms with Crippen LogP contribution in [0, 0.1) is 0 Å². The standard InChI is InChI=1S/C25H23N3O4/c29-20-9-5-16(6-10-20)13-21-25(32)28-12-11-27(15-22(28)23(30)26-21)24(31)19-8-7-17-3-1-2-4-18(17)14-19/h1-10,14,21-22,29H,11-13,15H2,(H,26,30)/t21-,22-/m1/s1. The van der Waals surface area contributed by atoms with Crippen molar-refractivity contribution in [1.82, 2.24) is 15.1 Å². The van der Waals surface area contributed by atoms with Gasteiger partial charge in [0.2, 0.25) is 11.8 Å². The van der Waals surface area contributed by atoms with Crippen molar-refractivity contribution in [3.05, 3.63) is 77.9 Å². The second-order valence-corrected chi connectivity index (χ2v) is 8.29. The molecule has 5 rings (SSSR count). The summed E-state index contributed by atoms with van der Waals surface area (Å²) in [6, 6.07) is 18.7. The topological polar surface area (TPSA) is 89.9 Å². The molecule has 0 aliphatic carbocycles. The molecule has 2 aliphatic heterocycles. The number of phenolic OH excluding ortho intramolecular Hbond substituents is 1. The first-order chi connectivity index (χ1) is 15.5. The maximum absolute atomic E-state index is 13.1. The van der Waals surface area contributed by atoms with Gasteiger partial charge in [0.15, 0.2) is 0 Å². The van der Waals surface area contributed by atoms with Crippen LogP contribution in [0.15, 0.2) is 66.7 Å². The number of phenols is 1. The van der Waals surface area contributed by atoms with E-state index in [0.717, 1.165) is 16.3 Å². The molecule has 2 atom stereocenters. The first kappa shape index (κ1) is 20.1. The van der Waals surface area contributed by atoms with Gasteiger partial charge in [0.1, 0.15) is 17.8 Å². The van der Waals surface area contributed by atoms with Crippen LogP contribution in [0.3, 0.4) is 0 Å². The number of nitrogens with one attached hydrogen (secondary N) is 1. The van der Waals surface area contributed by atoms with E-state index in [-0.39, 0.29) is 30.0 Å². The third kappa shape index (κ3) is 3.66. The number of hydrogen-bond donors (Lipinski definition) is 2. The highest BCUT2D eigenvalue weighted by atomic mass is 16.3. The molecule has 32 heavy (non-hydrogen) atoms. The number of nitrogens with zero attached hydrogens (tertiary/aromatic N) is 2. The van der Waals surface area contributed by atoms with Crippen molar-refractivity contribution < 1.29 is 19.5 Å². The molecule has 162 valence electrons. The molecule has 0 saturated carbocycles. The largest absolute Gasteiger partial charge is 0.508 e. The van der Waals surface area contributed by atoms with Crippen molar-refractivity contribution in [1.29, 1.82) is 0 Å². The van der Waals surface area contributed by atoms with E-state index in [1.165, 1.54) is 0 Å². The number of hydrogen-bond acceptors (Lipinski definition) is 4. The second kappa shape index (κ2) is 8.00. The summed E-state index contributed by atoms with van der Waals surface area (Å²) in [5, 5.41) is 14.3. The number of carbonyl (C=O) groups is 3. The first-order valence-electron chi connectivity index (χ1n) is 10.7. The minimum atomic E-state index is -0.684. The monoisotopic (exact) mass is 429 g/mol. The van der Waals surface area contributed by atoms with Crippen LogP contribution in [0.1, 0.15) is 15.9 Å². The predicted molar refractivity (Wildman–Crippen MR) is 119 cm³/mol. The molecule has 3 aromatic rings. The molecular weight excluding hydrogens is 406 g/mol. The molecule has 3 amide bonds. The molecular formula is C25H23N3O4. The molecule has 2 fully saturated rings. The lowest BCUT2D eigenvalue weighted by atomic mass is 9.98. The summed E-state index contributed by atoms with van der Waals surface area (Å²) in [7, 11) is 0. The maximum atomic E-state index is 13.1. The lowest BCUT2D eigenvalue weighted by Crippen LogP contribution is -2.70.